The Bertz CT molecular complexity index is 1580. The molecule has 3 saturated heterocycles. The molecule has 24 heteroatoms. The quantitative estimate of drug-likeness (QED) is 0.131. The molecule has 0 radical (unpaired) electrons. The minimum absolute atomic E-state index is 0.469. The highest BCUT2D eigenvalue weighted by Crippen LogP contribution is 2.37. The van der Waals surface area contributed by atoms with Crippen LogP contribution >= 0.6 is 0 Å². The summed E-state index contributed by atoms with van der Waals surface area (Å²) >= 11 is 0. The topological polar surface area (TPSA) is 292 Å². The van der Waals surface area contributed by atoms with Crippen molar-refractivity contribution in [2.75, 3.05) is 26.9 Å². The summed E-state index contributed by atoms with van der Waals surface area (Å²) in [6, 6.07) is 0. The fourth-order valence-corrected chi connectivity index (χ4v) is 6.48. The van der Waals surface area contributed by atoms with Crippen molar-refractivity contribution in [1.82, 2.24) is 0 Å². The Morgan fingerprint density at radius 2 is 0.767 bits per heavy atom. The molecular weight excluding hydrogens is 816 g/mol. The first-order chi connectivity index (χ1) is 28.1. The molecule has 3 aliphatic heterocycles. The Hall–Kier alpha value is -5.01. The van der Waals surface area contributed by atoms with Crippen LogP contribution in [0.25, 0.3) is 0 Å². The van der Waals surface area contributed by atoms with E-state index in [0.29, 0.717) is 0 Å². The van der Waals surface area contributed by atoms with Gasteiger partial charge in [0, 0.05) is 69.4 Å². The molecule has 0 bridgehead atoms. The molecule has 0 saturated carbocycles. The van der Waals surface area contributed by atoms with E-state index >= 15 is 0 Å². The maximum atomic E-state index is 12.9. The number of carbonyl (C=O) groups excluding carboxylic acids is 9. The lowest BCUT2D eigenvalue weighted by Gasteiger charge is -2.50. The molecular formula is C36H50O24. The smallest absolute Gasteiger partial charge is 0.305 e. The van der Waals surface area contributed by atoms with E-state index < -0.39 is 160 Å². The lowest BCUT2D eigenvalue weighted by Crippen LogP contribution is -2.68. The summed E-state index contributed by atoms with van der Waals surface area (Å²) in [6.07, 6.45) is -23.1. The van der Waals surface area contributed by atoms with Crippen LogP contribution in [0.3, 0.4) is 0 Å². The van der Waals surface area contributed by atoms with Crippen LogP contribution in [-0.4, -0.2) is 167 Å². The van der Waals surface area contributed by atoms with E-state index in [0.717, 1.165) is 62.3 Å². The van der Waals surface area contributed by atoms with E-state index in [-0.39, 0.29) is 0 Å². The van der Waals surface area contributed by atoms with E-state index in [4.69, 9.17) is 71.1 Å². The van der Waals surface area contributed by atoms with Gasteiger partial charge in [0.15, 0.2) is 55.3 Å². The Morgan fingerprint density at radius 1 is 0.400 bits per heavy atom. The van der Waals surface area contributed by atoms with Crippen LogP contribution in [0.2, 0.25) is 0 Å². The van der Waals surface area contributed by atoms with Gasteiger partial charge in [-0.05, 0) is 0 Å². The van der Waals surface area contributed by atoms with Crippen LogP contribution in [0.15, 0.2) is 0 Å². The molecule has 338 valence electrons. The molecule has 14 atom stereocenters. The van der Waals surface area contributed by atoms with Crippen LogP contribution in [0.5, 0.6) is 0 Å². The lowest BCUT2D eigenvalue weighted by molar-refractivity contribution is -0.379. The number of hydrogen-bond donors (Lipinski definition) is 0. The molecule has 0 unspecified atom stereocenters. The van der Waals surface area contributed by atoms with Gasteiger partial charge in [-0.1, -0.05) is 0 Å². The molecule has 0 N–H and O–H groups in total. The zero-order chi connectivity index (χ0) is 45.0. The van der Waals surface area contributed by atoms with Crippen molar-refractivity contribution in [1.29, 1.82) is 0 Å². The average Bonchev–Trinajstić information content (AvgIpc) is 3.11. The largest absolute Gasteiger partial charge is 0.463 e. The second kappa shape index (κ2) is 22.6. The van der Waals surface area contributed by atoms with E-state index in [1.165, 1.54) is 7.11 Å². The van der Waals surface area contributed by atoms with Crippen LogP contribution in [0.4, 0.5) is 0 Å². The first-order valence-electron chi connectivity index (χ1n) is 18.3. The number of hydrogen-bond acceptors (Lipinski definition) is 24. The first-order valence-corrected chi connectivity index (χ1v) is 18.3. The molecule has 3 heterocycles. The van der Waals surface area contributed by atoms with Gasteiger partial charge in [0.2, 0.25) is 6.29 Å². The predicted octanol–water partition coefficient (Wildman–Crippen LogP) is -1.14. The van der Waals surface area contributed by atoms with Gasteiger partial charge in [0.25, 0.3) is 0 Å². The summed E-state index contributed by atoms with van der Waals surface area (Å²) < 4.78 is 85.0. The maximum absolute atomic E-state index is 12.9. The van der Waals surface area contributed by atoms with Gasteiger partial charge in [-0.25, -0.2) is 0 Å². The first kappa shape index (κ1) is 49.4. The normalized spacial score (nSPS) is 32.5. The van der Waals surface area contributed by atoms with Gasteiger partial charge in [-0.3, -0.25) is 43.2 Å². The molecule has 0 aliphatic carbocycles. The minimum atomic E-state index is -1.97. The van der Waals surface area contributed by atoms with Crippen LogP contribution in [-0.2, 0) is 114 Å². The van der Waals surface area contributed by atoms with Crippen LogP contribution < -0.4 is 0 Å². The summed E-state index contributed by atoms with van der Waals surface area (Å²) in [5, 5.41) is 0. The van der Waals surface area contributed by atoms with Crippen molar-refractivity contribution in [3.05, 3.63) is 0 Å². The van der Waals surface area contributed by atoms with E-state index in [1.54, 1.807) is 0 Å². The minimum Gasteiger partial charge on any atom is -0.463 e. The SMILES string of the molecule is CO[C@H]1[C@@H](OC(C)=O)[C@H](O[C@H]2[C@@H](OC(C)=O)[C@H](O[C@@H]3[C@@H](OC(C)=O)OC[C@@H](OC(C)=O)[C@H]3OC(C)=O)O[C@H](COC(C)=O)[C@H]2OC(C)=O)O[C@H](COC(C)=O)[C@H]1OC(C)=O. The molecule has 0 aromatic carbocycles. The standard InChI is InChI=1S/C36H50O24/c1-14(37)47-11-24-26(51-17(4)40)29(46-10)32(54-20(7)43)35(57-24)59-30-27(52-18(5)41)25(12-48-15(2)38)58-36(33(30)55-21(8)44)60-31-28(53-19(6)42)23(50-16(3)39)13-49-34(31)56-22(9)45/h23-36H,11-13H2,1-10H3/t23-,24-,25-,26-,27-,28-,29-,30-,31+,32-,33-,34-,35+,36+/m1/s1. The van der Waals surface area contributed by atoms with Crippen molar-refractivity contribution in [3.8, 4) is 0 Å². The number of ether oxygens (including phenoxy) is 15. The molecule has 0 aromatic rings. The highest BCUT2D eigenvalue weighted by Gasteiger charge is 2.59. The third kappa shape index (κ3) is 14.3. The maximum Gasteiger partial charge on any atom is 0.305 e. The molecule has 3 aliphatic rings. The van der Waals surface area contributed by atoms with E-state index in [9.17, 15) is 43.2 Å². The summed E-state index contributed by atoms with van der Waals surface area (Å²) in [4.78, 5) is 111. The molecule has 3 fully saturated rings. The van der Waals surface area contributed by atoms with Gasteiger partial charge in [-0.2, -0.15) is 0 Å². The fraction of sp³-hybridized carbons (Fsp3) is 0.750. The Balaban J connectivity index is 2.27. The molecule has 60 heavy (non-hydrogen) atoms. The average molecular weight is 867 g/mol. The summed E-state index contributed by atoms with van der Waals surface area (Å²) in [5.74, 6) is -7.96. The predicted molar refractivity (Wildman–Crippen MR) is 186 cm³/mol. The molecule has 24 nitrogen and oxygen atoms in total. The van der Waals surface area contributed by atoms with Gasteiger partial charge in [0.05, 0.1) is 6.61 Å². The van der Waals surface area contributed by atoms with Crippen molar-refractivity contribution < 1.29 is 114 Å². The number of methoxy groups -OCH3 is 1. The van der Waals surface area contributed by atoms with Gasteiger partial charge < -0.3 is 71.1 Å². The third-order valence-electron chi connectivity index (χ3n) is 8.43. The second-order valence-electron chi connectivity index (χ2n) is 13.4. The summed E-state index contributed by atoms with van der Waals surface area (Å²) in [7, 11) is 1.17. The fourth-order valence-electron chi connectivity index (χ4n) is 6.48. The second-order valence-corrected chi connectivity index (χ2v) is 13.4. The summed E-state index contributed by atoms with van der Waals surface area (Å²) in [5.41, 5.74) is 0. The zero-order valence-corrected chi connectivity index (χ0v) is 34.5. The Morgan fingerprint density at radius 3 is 1.17 bits per heavy atom. The molecule has 3 rings (SSSR count). The summed E-state index contributed by atoms with van der Waals surface area (Å²) in [6.45, 7) is 7.61. The van der Waals surface area contributed by atoms with Crippen LogP contribution in [0, 0.1) is 0 Å². The van der Waals surface area contributed by atoms with Gasteiger partial charge >= 0.3 is 53.7 Å². The number of carbonyl (C=O) groups is 9. The third-order valence-corrected chi connectivity index (χ3v) is 8.43. The zero-order valence-electron chi connectivity index (χ0n) is 34.5. The van der Waals surface area contributed by atoms with Crippen molar-refractivity contribution in [2.24, 2.45) is 0 Å². The number of esters is 9. The highest BCUT2D eigenvalue weighted by atomic mass is 16.8. The van der Waals surface area contributed by atoms with Crippen molar-refractivity contribution in [3.63, 3.8) is 0 Å². The number of rotatable bonds is 16. The Kier molecular flexibility index (Phi) is 18.5. The monoisotopic (exact) mass is 866 g/mol. The van der Waals surface area contributed by atoms with E-state index in [1.807, 2.05) is 0 Å². The van der Waals surface area contributed by atoms with Crippen molar-refractivity contribution >= 4 is 53.7 Å². The van der Waals surface area contributed by atoms with Gasteiger partial charge in [-0.15, -0.1) is 0 Å². The molecule has 0 spiro atoms. The van der Waals surface area contributed by atoms with Gasteiger partial charge in [0.1, 0.15) is 37.6 Å². The van der Waals surface area contributed by atoms with E-state index in [2.05, 4.69) is 0 Å². The highest BCUT2D eigenvalue weighted by molar-refractivity contribution is 5.69. The molecule has 0 amide bonds. The molecule has 0 aromatic heterocycles. The van der Waals surface area contributed by atoms with Crippen molar-refractivity contribution in [2.45, 2.75) is 148 Å². The Labute approximate surface area is 343 Å². The lowest BCUT2D eigenvalue weighted by atomic mass is 9.95. The van der Waals surface area contributed by atoms with Crippen LogP contribution in [0.1, 0.15) is 62.3 Å².